The van der Waals surface area contributed by atoms with Crippen molar-refractivity contribution in [3.05, 3.63) is 122 Å². The highest BCUT2D eigenvalue weighted by Crippen LogP contribution is 2.11. The Balaban J connectivity index is 4.59. The van der Waals surface area contributed by atoms with Crippen LogP contribution in [0.5, 0.6) is 0 Å². The molecule has 0 aliphatic heterocycles. The van der Waals surface area contributed by atoms with Crippen molar-refractivity contribution in [1.29, 1.82) is 0 Å². The number of rotatable bonds is 42. The highest BCUT2D eigenvalue weighted by Gasteiger charge is 2.19. The quantitative estimate of drug-likeness (QED) is 0.0200. The van der Waals surface area contributed by atoms with Gasteiger partial charge in [0, 0.05) is 19.3 Å². The second-order valence-electron chi connectivity index (χ2n) is 15.8. The molecular weight excluding hydrogens is 769 g/mol. The van der Waals surface area contributed by atoms with Crippen molar-refractivity contribution in [2.45, 2.75) is 200 Å². The second kappa shape index (κ2) is 49.5. The van der Waals surface area contributed by atoms with Crippen LogP contribution in [-0.2, 0) is 28.6 Å². The van der Waals surface area contributed by atoms with E-state index >= 15 is 0 Å². The van der Waals surface area contributed by atoms with Gasteiger partial charge in [0.1, 0.15) is 13.2 Å². The molecule has 0 aromatic carbocycles. The summed E-state index contributed by atoms with van der Waals surface area (Å²) < 4.78 is 16.6. The Labute approximate surface area is 380 Å². The molecule has 0 spiro atoms. The van der Waals surface area contributed by atoms with Crippen LogP contribution in [0.1, 0.15) is 194 Å². The Bertz CT molecular complexity index is 1350. The maximum atomic E-state index is 12.7. The lowest BCUT2D eigenvalue weighted by Crippen LogP contribution is -2.30. The maximum absolute atomic E-state index is 12.7. The summed E-state index contributed by atoms with van der Waals surface area (Å²) in [6.45, 7) is 6.31. The molecule has 0 heterocycles. The topological polar surface area (TPSA) is 78.9 Å². The first-order valence-electron chi connectivity index (χ1n) is 24.6. The molecule has 0 aliphatic rings. The van der Waals surface area contributed by atoms with E-state index in [9.17, 15) is 14.4 Å². The number of hydrogen-bond acceptors (Lipinski definition) is 6. The number of unbranched alkanes of at least 4 members (excludes halogenated alkanes) is 17. The summed E-state index contributed by atoms with van der Waals surface area (Å²) in [6, 6.07) is 0. The fourth-order valence-electron chi connectivity index (χ4n) is 6.17. The Morgan fingerprint density at radius 3 is 1.26 bits per heavy atom. The van der Waals surface area contributed by atoms with Crippen molar-refractivity contribution < 1.29 is 28.6 Å². The molecule has 0 saturated carbocycles. The average molecular weight is 857 g/mol. The Morgan fingerprint density at radius 1 is 0.355 bits per heavy atom. The van der Waals surface area contributed by atoms with Gasteiger partial charge in [0.25, 0.3) is 0 Å². The van der Waals surface area contributed by atoms with Gasteiger partial charge >= 0.3 is 17.9 Å². The summed E-state index contributed by atoms with van der Waals surface area (Å²) in [4.78, 5) is 37.8. The maximum Gasteiger partial charge on any atom is 0.306 e. The van der Waals surface area contributed by atoms with Gasteiger partial charge in [0.05, 0.1) is 0 Å². The number of esters is 3. The molecule has 62 heavy (non-hydrogen) atoms. The van der Waals surface area contributed by atoms with Gasteiger partial charge in [-0.15, -0.1) is 0 Å². The van der Waals surface area contributed by atoms with Crippen LogP contribution in [0.3, 0.4) is 0 Å². The number of hydrogen-bond donors (Lipinski definition) is 0. The van der Waals surface area contributed by atoms with E-state index in [4.69, 9.17) is 14.2 Å². The van der Waals surface area contributed by atoms with Crippen LogP contribution >= 0.6 is 0 Å². The van der Waals surface area contributed by atoms with Gasteiger partial charge in [-0.2, -0.15) is 0 Å². The molecule has 348 valence electrons. The monoisotopic (exact) mass is 857 g/mol. The van der Waals surface area contributed by atoms with Crippen molar-refractivity contribution in [2.75, 3.05) is 13.2 Å². The van der Waals surface area contributed by atoms with E-state index in [0.717, 1.165) is 64.2 Å². The van der Waals surface area contributed by atoms with E-state index in [-0.39, 0.29) is 38.0 Å². The molecule has 0 aromatic rings. The third kappa shape index (κ3) is 46.9. The molecule has 0 amide bonds. The molecule has 0 bridgehead atoms. The highest BCUT2D eigenvalue weighted by molar-refractivity contribution is 5.71. The zero-order valence-electron chi connectivity index (χ0n) is 39.6. The van der Waals surface area contributed by atoms with Gasteiger partial charge in [-0.1, -0.05) is 219 Å². The molecule has 1 unspecified atom stereocenters. The molecule has 0 rings (SSSR count). The van der Waals surface area contributed by atoms with E-state index in [1.54, 1.807) is 0 Å². The van der Waals surface area contributed by atoms with Gasteiger partial charge in [-0.25, -0.2) is 0 Å². The first-order valence-corrected chi connectivity index (χ1v) is 24.6. The fraction of sp³-hybridized carbons (Fsp3) is 0.589. The van der Waals surface area contributed by atoms with Crippen LogP contribution in [-0.4, -0.2) is 37.2 Å². The Hall–Kier alpha value is -4.19. The molecule has 0 N–H and O–H groups in total. The van der Waals surface area contributed by atoms with E-state index < -0.39 is 12.1 Å². The summed E-state index contributed by atoms with van der Waals surface area (Å²) in [6.07, 6.45) is 67.7. The van der Waals surface area contributed by atoms with Crippen molar-refractivity contribution in [2.24, 2.45) is 0 Å². The van der Waals surface area contributed by atoms with E-state index in [0.29, 0.717) is 25.7 Å². The van der Waals surface area contributed by atoms with Crippen LogP contribution < -0.4 is 0 Å². The van der Waals surface area contributed by atoms with Crippen molar-refractivity contribution >= 4 is 17.9 Å². The number of ether oxygens (including phenoxy) is 3. The fourth-order valence-corrected chi connectivity index (χ4v) is 6.17. The summed E-state index contributed by atoms with van der Waals surface area (Å²) in [7, 11) is 0. The van der Waals surface area contributed by atoms with Crippen LogP contribution in [0.4, 0.5) is 0 Å². The van der Waals surface area contributed by atoms with Gasteiger partial charge in [0.15, 0.2) is 6.10 Å². The Kier molecular flexibility index (Phi) is 46.1. The van der Waals surface area contributed by atoms with Crippen molar-refractivity contribution in [3.8, 4) is 0 Å². The predicted molar refractivity (Wildman–Crippen MR) is 265 cm³/mol. The largest absolute Gasteiger partial charge is 0.462 e. The lowest BCUT2D eigenvalue weighted by molar-refractivity contribution is -0.166. The minimum Gasteiger partial charge on any atom is -0.462 e. The van der Waals surface area contributed by atoms with E-state index in [1.165, 1.54) is 70.6 Å². The van der Waals surface area contributed by atoms with Gasteiger partial charge in [-0.3, -0.25) is 14.4 Å². The molecule has 0 aromatic heterocycles. The normalized spacial score (nSPS) is 13.1. The average Bonchev–Trinajstić information content (AvgIpc) is 3.27. The lowest BCUT2D eigenvalue weighted by Gasteiger charge is -2.18. The van der Waals surface area contributed by atoms with Crippen LogP contribution in [0.25, 0.3) is 0 Å². The Morgan fingerprint density at radius 2 is 0.742 bits per heavy atom. The predicted octanol–water partition coefficient (Wildman–Crippen LogP) is 16.1. The van der Waals surface area contributed by atoms with E-state index in [2.05, 4.69) is 81.5 Å². The zero-order chi connectivity index (χ0) is 45.1. The molecule has 1 atom stereocenters. The number of carbonyl (C=O) groups is 3. The summed E-state index contributed by atoms with van der Waals surface area (Å²) in [5.74, 6) is -1.11. The summed E-state index contributed by atoms with van der Waals surface area (Å²) in [5, 5.41) is 0. The minimum absolute atomic E-state index is 0.138. The third-order valence-corrected chi connectivity index (χ3v) is 9.87. The smallest absolute Gasteiger partial charge is 0.306 e. The van der Waals surface area contributed by atoms with E-state index in [1.807, 2.05) is 60.8 Å². The summed E-state index contributed by atoms with van der Waals surface area (Å²) >= 11 is 0. The first-order chi connectivity index (χ1) is 30.5. The molecule has 0 aliphatic carbocycles. The molecule has 0 radical (unpaired) electrons. The lowest BCUT2D eigenvalue weighted by atomic mass is 10.1. The van der Waals surface area contributed by atoms with Crippen LogP contribution in [0.15, 0.2) is 122 Å². The molecule has 6 nitrogen and oxygen atoms in total. The van der Waals surface area contributed by atoms with Crippen LogP contribution in [0, 0.1) is 0 Å². The van der Waals surface area contributed by atoms with Gasteiger partial charge in [-0.05, 0) is 77.0 Å². The molecular formula is C56H88O6. The third-order valence-electron chi connectivity index (χ3n) is 9.87. The highest BCUT2D eigenvalue weighted by atomic mass is 16.6. The zero-order valence-corrected chi connectivity index (χ0v) is 39.6. The van der Waals surface area contributed by atoms with Crippen molar-refractivity contribution in [1.82, 2.24) is 0 Å². The number of carbonyl (C=O) groups excluding carboxylic acids is 3. The van der Waals surface area contributed by atoms with Gasteiger partial charge in [0.2, 0.25) is 0 Å². The first kappa shape index (κ1) is 57.8. The molecule has 6 heteroatoms. The molecule has 0 fully saturated rings. The number of allylic oxidation sites excluding steroid dienone is 20. The SMILES string of the molecule is CC\C=C/C=C\C=C/C=C\C=C/CCCC(=O)OC(COC(=O)CC/C=C\C/C=C\CCCCCCCC)COC(=O)CCCCCCC\C=C/C=C\C=C/CCCCCCC. The standard InChI is InChI=1S/C56H88O6/c1-4-7-10-13-16-19-22-25-26-27-28-29-32-34-37-40-43-46-49-55(58)61-52-53(62-56(59)50-47-44-41-38-35-31-24-21-18-15-12-9-6-3)51-60-54(57)48-45-42-39-36-33-30-23-20-17-14-11-8-5-2/h9,12,15,18,21-22,24-31,33,35,38-39,41-42,53H,4-8,10-11,13-14,16-17,19-20,23,32,34,36-37,40,43-52H2,1-3H3/b12-9-,18-15-,24-21-,25-22-,27-26-,29-28-,33-30-,35-31-,41-38-,42-39-. The second-order valence-corrected chi connectivity index (χ2v) is 15.8. The molecule has 0 saturated heterocycles. The van der Waals surface area contributed by atoms with Gasteiger partial charge < -0.3 is 14.2 Å². The van der Waals surface area contributed by atoms with Crippen LogP contribution in [0.2, 0.25) is 0 Å². The minimum atomic E-state index is -0.848. The summed E-state index contributed by atoms with van der Waals surface area (Å²) in [5.41, 5.74) is 0. The van der Waals surface area contributed by atoms with Crippen molar-refractivity contribution in [3.63, 3.8) is 0 Å².